The Bertz CT molecular complexity index is 176. The Morgan fingerprint density at radius 3 is 2.38 bits per heavy atom. The highest BCUT2D eigenvalue weighted by molar-refractivity contribution is 4.71. The summed E-state index contributed by atoms with van der Waals surface area (Å²) in [7, 11) is 4.43. The van der Waals surface area contributed by atoms with Crippen molar-refractivity contribution in [2.24, 2.45) is 5.92 Å². The molecular formula is C13H29N3. The van der Waals surface area contributed by atoms with E-state index in [2.05, 4.69) is 42.6 Å². The first-order valence-corrected chi connectivity index (χ1v) is 6.71. The fourth-order valence-electron chi connectivity index (χ4n) is 2.16. The standard InChI is InChI=1S/C13H29N3/c1-5-14(3)7-6-13(2)12-16-10-8-15(4)9-11-16/h13H,5-12H2,1-4H3. The van der Waals surface area contributed by atoms with Gasteiger partial charge in [0.1, 0.15) is 0 Å². The molecule has 0 bridgehead atoms. The number of rotatable bonds is 6. The van der Waals surface area contributed by atoms with Crippen molar-refractivity contribution in [2.45, 2.75) is 20.3 Å². The van der Waals surface area contributed by atoms with Crippen LogP contribution in [-0.2, 0) is 0 Å². The summed E-state index contributed by atoms with van der Waals surface area (Å²) in [6.45, 7) is 13.3. The molecule has 0 saturated carbocycles. The first-order chi connectivity index (χ1) is 7.61. The van der Waals surface area contributed by atoms with Gasteiger partial charge in [-0.15, -0.1) is 0 Å². The molecule has 0 aromatic carbocycles. The highest BCUT2D eigenvalue weighted by Crippen LogP contribution is 2.08. The molecule has 0 aromatic heterocycles. The van der Waals surface area contributed by atoms with Crippen LogP contribution in [0, 0.1) is 5.92 Å². The number of nitrogens with zero attached hydrogens (tertiary/aromatic N) is 3. The van der Waals surface area contributed by atoms with Crippen LogP contribution in [0.2, 0.25) is 0 Å². The van der Waals surface area contributed by atoms with Gasteiger partial charge in [0.05, 0.1) is 0 Å². The second kappa shape index (κ2) is 7.25. The van der Waals surface area contributed by atoms with Crippen LogP contribution in [0.5, 0.6) is 0 Å². The summed E-state index contributed by atoms with van der Waals surface area (Å²) in [5.74, 6) is 0.831. The molecule has 0 spiro atoms. The summed E-state index contributed by atoms with van der Waals surface area (Å²) < 4.78 is 0. The number of hydrogen-bond acceptors (Lipinski definition) is 3. The van der Waals surface area contributed by atoms with Gasteiger partial charge in [-0.05, 0) is 39.5 Å². The van der Waals surface area contributed by atoms with Crippen molar-refractivity contribution in [3.8, 4) is 0 Å². The van der Waals surface area contributed by atoms with Crippen LogP contribution in [-0.4, -0.2) is 74.6 Å². The van der Waals surface area contributed by atoms with E-state index in [0.717, 1.165) is 5.92 Å². The third-order valence-electron chi connectivity index (χ3n) is 3.71. The number of hydrogen-bond donors (Lipinski definition) is 0. The van der Waals surface area contributed by atoms with Gasteiger partial charge in [-0.1, -0.05) is 13.8 Å². The Kier molecular flexibility index (Phi) is 6.32. The van der Waals surface area contributed by atoms with Crippen LogP contribution in [0.1, 0.15) is 20.3 Å². The van der Waals surface area contributed by atoms with E-state index >= 15 is 0 Å². The first kappa shape index (κ1) is 13.9. The highest BCUT2D eigenvalue weighted by Gasteiger charge is 2.15. The molecule has 3 nitrogen and oxygen atoms in total. The fraction of sp³-hybridized carbons (Fsp3) is 1.00. The Hall–Kier alpha value is -0.120. The normalized spacial score (nSPS) is 21.6. The Morgan fingerprint density at radius 2 is 1.81 bits per heavy atom. The van der Waals surface area contributed by atoms with E-state index in [1.54, 1.807) is 0 Å². The molecular weight excluding hydrogens is 198 g/mol. The summed E-state index contributed by atoms with van der Waals surface area (Å²) >= 11 is 0. The molecule has 16 heavy (non-hydrogen) atoms. The van der Waals surface area contributed by atoms with E-state index in [-0.39, 0.29) is 0 Å². The lowest BCUT2D eigenvalue weighted by Gasteiger charge is -2.34. The maximum Gasteiger partial charge on any atom is 0.0110 e. The minimum absolute atomic E-state index is 0.831. The van der Waals surface area contributed by atoms with Gasteiger partial charge in [0, 0.05) is 32.7 Å². The molecule has 0 N–H and O–H groups in total. The molecule has 1 unspecified atom stereocenters. The molecule has 0 aromatic rings. The van der Waals surface area contributed by atoms with E-state index in [1.807, 2.05) is 0 Å². The maximum atomic E-state index is 2.62. The second-order valence-corrected chi connectivity index (χ2v) is 5.39. The molecule has 1 saturated heterocycles. The largest absolute Gasteiger partial charge is 0.307 e. The van der Waals surface area contributed by atoms with Crippen molar-refractivity contribution in [2.75, 3.05) is 59.9 Å². The van der Waals surface area contributed by atoms with E-state index in [0.29, 0.717) is 0 Å². The van der Waals surface area contributed by atoms with Crippen molar-refractivity contribution in [3.05, 3.63) is 0 Å². The zero-order valence-corrected chi connectivity index (χ0v) is 11.6. The monoisotopic (exact) mass is 227 g/mol. The van der Waals surface area contributed by atoms with Gasteiger partial charge in [0.2, 0.25) is 0 Å². The van der Waals surface area contributed by atoms with Gasteiger partial charge in [0.25, 0.3) is 0 Å². The smallest absolute Gasteiger partial charge is 0.0110 e. The summed E-state index contributed by atoms with van der Waals surface area (Å²) in [5, 5.41) is 0. The van der Waals surface area contributed by atoms with Gasteiger partial charge < -0.3 is 14.7 Å². The van der Waals surface area contributed by atoms with Gasteiger partial charge in [0.15, 0.2) is 0 Å². The maximum absolute atomic E-state index is 2.62. The molecule has 3 heteroatoms. The highest BCUT2D eigenvalue weighted by atomic mass is 15.2. The van der Waals surface area contributed by atoms with Crippen LogP contribution in [0.3, 0.4) is 0 Å². The van der Waals surface area contributed by atoms with Crippen molar-refractivity contribution >= 4 is 0 Å². The second-order valence-electron chi connectivity index (χ2n) is 5.39. The summed E-state index contributed by atoms with van der Waals surface area (Å²) in [5.41, 5.74) is 0. The molecule has 96 valence electrons. The van der Waals surface area contributed by atoms with Crippen LogP contribution in [0.25, 0.3) is 0 Å². The van der Waals surface area contributed by atoms with Gasteiger partial charge in [-0.2, -0.15) is 0 Å². The summed E-state index contributed by atoms with van der Waals surface area (Å²) in [6.07, 6.45) is 1.33. The van der Waals surface area contributed by atoms with Crippen LogP contribution in [0.15, 0.2) is 0 Å². The minimum atomic E-state index is 0.831. The van der Waals surface area contributed by atoms with Gasteiger partial charge in [-0.25, -0.2) is 0 Å². The number of likely N-dealkylation sites (N-methyl/N-ethyl adjacent to an activating group) is 1. The zero-order valence-electron chi connectivity index (χ0n) is 11.6. The lowest BCUT2D eigenvalue weighted by atomic mass is 10.1. The molecule has 0 radical (unpaired) electrons. The Morgan fingerprint density at radius 1 is 1.19 bits per heavy atom. The molecule has 0 amide bonds. The first-order valence-electron chi connectivity index (χ1n) is 6.71. The van der Waals surface area contributed by atoms with Gasteiger partial charge in [-0.3, -0.25) is 0 Å². The zero-order chi connectivity index (χ0) is 12.0. The lowest BCUT2D eigenvalue weighted by molar-refractivity contribution is 0.134. The molecule has 1 aliphatic rings. The SMILES string of the molecule is CCN(C)CCC(C)CN1CCN(C)CC1. The van der Waals surface area contributed by atoms with Crippen molar-refractivity contribution < 1.29 is 0 Å². The molecule has 1 atom stereocenters. The van der Waals surface area contributed by atoms with E-state index < -0.39 is 0 Å². The molecule has 0 aliphatic carbocycles. The Labute approximate surface area is 101 Å². The average Bonchev–Trinajstić information content (AvgIpc) is 2.29. The van der Waals surface area contributed by atoms with Gasteiger partial charge >= 0.3 is 0 Å². The molecule has 1 fully saturated rings. The lowest BCUT2D eigenvalue weighted by Crippen LogP contribution is -2.46. The van der Waals surface area contributed by atoms with Crippen molar-refractivity contribution in [3.63, 3.8) is 0 Å². The topological polar surface area (TPSA) is 9.72 Å². The van der Waals surface area contributed by atoms with Crippen molar-refractivity contribution in [1.29, 1.82) is 0 Å². The predicted octanol–water partition coefficient (Wildman–Crippen LogP) is 1.21. The third kappa shape index (κ3) is 5.28. The average molecular weight is 227 g/mol. The van der Waals surface area contributed by atoms with Crippen LogP contribution < -0.4 is 0 Å². The molecule has 1 rings (SSSR count). The van der Waals surface area contributed by atoms with E-state index in [4.69, 9.17) is 0 Å². The summed E-state index contributed by atoms with van der Waals surface area (Å²) in [4.78, 5) is 7.45. The predicted molar refractivity (Wildman–Crippen MR) is 70.9 cm³/mol. The number of piperazine rings is 1. The molecule has 1 aliphatic heterocycles. The third-order valence-corrected chi connectivity index (χ3v) is 3.71. The Balaban J connectivity index is 2.11. The van der Waals surface area contributed by atoms with Crippen LogP contribution >= 0.6 is 0 Å². The molecule has 1 heterocycles. The van der Waals surface area contributed by atoms with Crippen LogP contribution in [0.4, 0.5) is 0 Å². The fourth-order valence-corrected chi connectivity index (χ4v) is 2.16. The minimum Gasteiger partial charge on any atom is -0.307 e. The van der Waals surface area contributed by atoms with E-state index in [9.17, 15) is 0 Å². The van der Waals surface area contributed by atoms with Crippen molar-refractivity contribution in [1.82, 2.24) is 14.7 Å². The van der Waals surface area contributed by atoms with E-state index in [1.165, 1.54) is 52.2 Å². The quantitative estimate of drug-likeness (QED) is 0.675. The summed E-state index contributed by atoms with van der Waals surface area (Å²) in [6, 6.07) is 0.